The largest absolute Gasteiger partial charge is 0.508 e. The Bertz CT molecular complexity index is 2590. The van der Waals surface area contributed by atoms with Crippen molar-refractivity contribution in [2.45, 2.75) is 123 Å². The van der Waals surface area contributed by atoms with Crippen LogP contribution < -0.4 is 16.1 Å². The molecule has 2 fully saturated rings. The molecule has 0 spiro atoms. The fourth-order valence-corrected chi connectivity index (χ4v) is 9.69. The van der Waals surface area contributed by atoms with Crippen molar-refractivity contribution in [3.05, 3.63) is 71.5 Å². The summed E-state index contributed by atoms with van der Waals surface area (Å²) in [5, 5.41) is 18.5. The minimum atomic E-state index is -4.63. The summed E-state index contributed by atoms with van der Waals surface area (Å²) in [6, 6.07) is 8.37. The molecule has 0 radical (unpaired) electrons. The number of pyridine rings is 1. The summed E-state index contributed by atoms with van der Waals surface area (Å²) < 4.78 is 47.9. The van der Waals surface area contributed by atoms with E-state index in [1.165, 1.54) is 25.2 Å². The maximum Gasteiger partial charge on any atom is 0.405 e. The van der Waals surface area contributed by atoms with Gasteiger partial charge in [-0.1, -0.05) is 53.7 Å². The zero-order chi connectivity index (χ0) is 49.6. The first-order valence-corrected chi connectivity index (χ1v) is 23.3. The second-order valence-corrected chi connectivity index (χ2v) is 19.9. The van der Waals surface area contributed by atoms with Crippen molar-refractivity contribution in [2.24, 2.45) is 11.3 Å². The average molecular weight is 945 g/mol. The Morgan fingerprint density at radius 2 is 1.78 bits per heavy atom. The predicted molar refractivity (Wildman–Crippen MR) is 250 cm³/mol. The Kier molecular flexibility index (Phi) is 14.3. The van der Waals surface area contributed by atoms with Gasteiger partial charge in [0.2, 0.25) is 17.7 Å². The summed E-state index contributed by atoms with van der Waals surface area (Å²) >= 11 is 0. The molecule has 2 aromatic carbocycles. The second-order valence-electron chi connectivity index (χ2n) is 19.9. The molecule has 7 rings (SSSR count). The number of aromatic hydroxyl groups is 1. The molecule has 0 aliphatic carbocycles. The predicted octanol–water partition coefficient (Wildman–Crippen LogP) is 5.71. The van der Waals surface area contributed by atoms with Crippen LogP contribution in [-0.4, -0.2) is 129 Å². The van der Waals surface area contributed by atoms with E-state index in [0.29, 0.717) is 36.9 Å². The number of amides is 4. The number of carbonyl (C=O) groups is 5. The Hall–Kier alpha value is -6.01. The fourth-order valence-electron chi connectivity index (χ4n) is 9.69. The number of alkyl halides is 3. The Labute approximate surface area is 394 Å². The number of nitrogens with one attached hydrogen (secondary N) is 3. The summed E-state index contributed by atoms with van der Waals surface area (Å²) in [5.41, 5.74) is 9.53. The number of hydrogen-bond acceptors (Lipinski definition) is 10. The number of benzene rings is 2. The van der Waals surface area contributed by atoms with Gasteiger partial charge in [-0.25, -0.2) is 5.43 Å². The first-order valence-electron chi connectivity index (χ1n) is 23.3. The first kappa shape index (κ1) is 49.9. The number of cyclic esters (lactones) is 1. The average Bonchev–Trinajstić information content (AvgIpc) is 4.05. The zero-order valence-corrected chi connectivity index (χ0v) is 40.2. The number of phenolic OH excluding ortho intramolecular Hbond substituents is 1. The fraction of sp³-hybridized carbons (Fsp3) is 0.520. The lowest BCUT2D eigenvalue weighted by atomic mass is 9.83. The highest BCUT2D eigenvalue weighted by Crippen LogP contribution is 2.42. The third kappa shape index (κ3) is 10.5. The molecule has 4 N–H and O–H groups in total. The minimum Gasteiger partial charge on any atom is -0.508 e. The summed E-state index contributed by atoms with van der Waals surface area (Å²) in [7, 11) is 2.57. The molecule has 15 nitrogen and oxygen atoms in total. The highest BCUT2D eigenvalue weighted by atomic mass is 19.4. The highest BCUT2D eigenvalue weighted by Gasteiger charge is 2.59. The number of carbonyl (C=O) groups excluding carboxylic acids is 5. The van der Waals surface area contributed by atoms with E-state index < -0.39 is 83.9 Å². The van der Waals surface area contributed by atoms with Gasteiger partial charge in [0.1, 0.15) is 36.0 Å². The Balaban J connectivity index is 1.26. The van der Waals surface area contributed by atoms with Crippen LogP contribution in [0.1, 0.15) is 84.0 Å². The van der Waals surface area contributed by atoms with Crippen LogP contribution >= 0.6 is 0 Å². The molecule has 18 heteroatoms. The van der Waals surface area contributed by atoms with Crippen molar-refractivity contribution in [3.8, 4) is 28.1 Å². The number of hydrogen-bond donors (Lipinski definition) is 4. The van der Waals surface area contributed by atoms with Crippen LogP contribution in [0, 0.1) is 11.3 Å². The summed E-state index contributed by atoms with van der Waals surface area (Å²) in [6.07, 6.45) is -1.55. The van der Waals surface area contributed by atoms with Gasteiger partial charge in [-0.3, -0.25) is 39.3 Å². The lowest BCUT2D eigenvalue weighted by molar-refractivity contribution is -0.155. The van der Waals surface area contributed by atoms with Crippen molar-refractivity contribution in [1.82, 2.24) is 40.4 Å². The molecule has 6 bridgehead atoms. The molecule has 4 aromatic rings. The molecule has 0 saturated carbocycles. The minimum absolute atomic E-state index is 0.0689. The van der Waals surface area contributed by atoms with Crippen LogP contribution in [0.3, 0.4) is 0 Å². The topological polar surface area (TPSA) is 188 Å². The van der Waals surface area contributed by atoms with Gasteiger partial charge in [0.25, 0.3) is 5.91 Å². The molecule has 5 atom stereocenters. The monoisotopic (exact) mass is 944 g/mol. The quantitative estimate of drug-likeness (QED) is 0.113. The molecule has 0 unspecified atom stereocenters. The van der Waals surface area contributed by atoms with Crippen molar-refractivity contribution in [2.75, 3.05) is 33.8 Å². The number of halogens is 3. The Morgan fingerprint density at radius 1 is 1.04 bits per heavy atom. The van der Waals surface area contributed by atoms with E-state index in [4.69, 9.17) is 9.72 Å². The second kappa shape index (κ2) is 19.5. The third-order valence-corrected chi connectivity index (χ3v) is 13.1. The van der Waals surface area contributed by atoms with E-state index in [1.807, 2.05) is 18.2 Å². The van der Waals surface area contributed by atoms with Gasteiger partial charge in [0, 0.05) is 61.7 Å². The highest BCUT2D eigenvalue weighted by molar-refractivity contribution is 5.96. The van der Waals surface area contributed by atoms with Gasteiger partial charge >= 0.3 is 12.1 Å². The van der Waals surface area contributed by atoms with Gasteiger partial charge in [-0.05, 0) is 96.7 Å². The van der Waals surface area contributed by atoms with Crippen LogP contribution in [-0.2, 0) is 48.1 Å². The van der Waals surface area contributed by atoms with Gasteiger partial charge in [-0.2, -0.15) is 13.2 Å². The molecule has 3 aliphatic rings. The van der Waals surface area contributed by atoms with E-state index in [9.17, 15) is 42.3 Å². The number of rotatable bonds is 10. The number of phenols is 1. The maximum atomic E-state index is 14.7. The standard InChI is InChI=1S/C50H63F3N8O7/c1-10-60-38-16-15-30-23-34(38)35(43(60)33-13-11-17-54-40(33)27(2)3)24-49(6,7)26-68-48(67)36-14-12-18-61(57-36)46(65)37(21-29-19-31(30)22-32(62)20-29)55-45(64)42(28(4)5)59(9)39(63)25-58(8)47(66)41-44(56-41)50(51,52)53/h11,13,15-17,19-20,22-23,27-28,36-37,41-42,44,56-57,62H,10,12,14,18,21,24-26H2,1-9H3,(H,55,64)/t36-,37-,41+,42-,44-/m0/s1. The molecular weight excluding hydrogens is 882 g/mol. The lowest BCUT2D eigenvalue weighted by Gasteiger charge is -2.37. The van der Waals surface area contributed by atoms with E-state index in [1.54, 1.807) is 26.1 Å². The van der Waals surface area contributed by atoms with E-state index in [2.05, 4.69) is 73.4 Å². The van der Waals surface area contributed by atoms with Crippen molar-refractivity contribution < 1.29 is 47.0 Å². The van der Waals surface area contributed by atoms with Gasteiger partial charge in [0.15, 0.2) is 0 Å². The number of likely N-dealkylation sites (N-methyl/N-ethyl adjacent to an activating group) is 2. The summed E-state index contributed by atoms with van der Waals surface area (Å²) in [6.45, 7) is 14.2. The van der Waals surface area contributed by atoms with Crippen molar-refractivity contribution >= 4 is 40.5 Å². The lowest BCUT2D eigenvalue weighted by Crippen LogP contribution is -2.62. The van der Waals surface area contributed by atoms with Gasteiger partial charge in [0.05, 0.1) is 24.5 Å². The van der Waals surface area contributed by atoms with Gasteiger partial charge < -0.3 is 29.5 Å². The Morgan fingerprint density at radius 3 is 2.44 bits per heavy atom. The van der Waals surface area contributed by atoms with Crippen molar-refractivity contribution in [3.63, 3.8) is 0 Å². The molecule has 68 heavy (non-hydrogen) atoms. The van der Waals surface area contributed by atoms with E-state index in [0.717, 1.165) is 48.8 Å². The number of fused-ring (bicyclic) bond motifs is 6. The molecular formula is C50H63F3N8O7. The molecule has 3 aliphatic heterocycles. The molecule has 366 valence electrons. The van der Waals surface area contributed by atoms with Crippen LogP contribution in [0.2, 0.25) is 0 Å². The zero-order valence-electron chi connectivity index (χ0n) is 40.2. The van der Waals surface area contributed by atoms with Crippen LogP contribution in [0.5, 0.6) is 5.75 Å². The third-order valence-electron chi connectivity index (χ3n) is 13.1. The molecule has 5 heterocycles. The number of aromatic nitrogens is 2. The van der Waals surface area contributed by atoms with Gasteiger partial charge in [-0.15, -0.1) is 0 Å². The first-order chi connectivity index (χ1) is 32.0. The van der Waals surface area contributed by atoms with Crippen LogP contribution in [0.4, 0.5) is 13.2 Å². The maximum absolute atomic E-state index is 14.7. The number of esters is 1. The van der Waals surface area contributed by atoms with Crippen LogP contribution in [0.15, 0.2) is 54.7 Å². The SMILES string of the molecule is CCn1c(-c2cccnc2C(C)C)c2c3cc(ccc31)-c1cc(O)cc(c1)C[C@H](NC(=O)[C@H](C(C)C)N(C)C(=O)CN(C)C(=O)[C@@H]1N[C@@H]1C(F)(F)F)C(=O)N1CCC[C@H](N1)C(=O)OCC(C)(C)C2. The summed E-state index contributed by atoms with van der Waals surface area (Å²) in [4.78, 5) is 76.2. The van der Waals surface area contributed by atoms with E-state index in [-0.39, 0.29) is 31.2 Å². The smallest absolute Gasteiger partial charge is 0.405 e. The van der Waals surface area contributed by atoms with Crippen molar-refractivity contribution in [1.29, 1.82) is 0 Å². The molecule has 2 aromatic heterocycles. The molecule has 2 saturated heterocycles. The molecule has 4 amide bonds. The number of nitrogens with zero attached hydrogens (tertiary/aromatic N) is 5. The number of hydrazine groups is 1. The van der Waals surface area contributed by atoms with E-state index >= 15 is 0 Å². The summed E-state index contributed by atoms with van der Waals surface area (Å²) in [5.74, 6) is -3.90. The normalized spacial score (nSPS) is 21.3. The van der Waals surface area contributed by atoms with Crippen LogP contribution in [0.25, 0.3) is 33.3 Å². The number of ether oxygens (including phenoxy) is 1. The number of aryl methyl sites for hydroxylation is 1.